The Morgan fingerprint density at radius 3 is 2.88 bits per heavy atom. The van der Waals surface area contributed by atoms with Gasteiger partial charge in [0.15, 0.2) is 5.82 Å². The Kier molecular flexibility index (Phi) is 4.35. The highest BCUT2D eigenvalue weighted by atomic mass is 16.5. The molecule has 1 aliphatic heterocycles. The molecule has 0 aliphatic carbocycles. The molecule has 0 atom stereocenters. The fourth-order valence-corrected chi connectivity index (χ4v) is 3.11. The lowest BCUT2D eigenvalue weighted by Crippen LogP contribution is -2.31. The number of fused-ring (bicyclic) bond motifs is 1. The van der Waals surface area contributed by atoms with Crippen molar-refractivity contribution in [2.24, 2.45) is 0 Å². The zero-order valence-electron chi connectivity index (χ0n) is 14.1. The Morgan fingerprint density at radius 2 is 2.04 bits per heavy atom. The third-order valence-corrected chi connectivity index (χ3v) is 4.37. The van der Waals surface area contributed by atoms with Crippen LogP contribution in [0, 0.1) is 0 Å². The van der Waals surface area contributed by atoms with Crippen LogP contribution in [0.4, 0.5) is 0 Å². The van der Waals surface area contributed by atoms with Gasteiger partial charge in [0.2, 0.25) is 5.88 Å². The Bertz CT molecular complexity index is 869. The molecule has 0 saturated heterocycles. The van der Waals surface area contributed by atoms with Crippen molar-refractivity contribution in [1.29, 1.82) is 0 Å². The molecule has 0 radical (unpaired) electrons. The predicted molar refractivity (Wildman–Crippen MR) is 93.9 cm³/mol. The van der Waals surface area contributed by atoms with E-state index in [0.29, 0.717) is 5.88 Å². The molecule has 0 amide bonds. The summed E-state index contributed by atoms with van der Waals surface area (Å²) in [5, 5.41) is 0. The summed E-state index contributed by atoms with van der Waals surface area (Å²) < 4.78 is 5.35. The summed E-state index contributed by atoms with van der Waals surface area (Å²) in [6.45, 7) is 2.59. The zero-order valence-corrected chi connectivity index (χ0v) is 14.1. The second kappa shape index (κ2) is 6.94. The molecule has 0 bridgehead atoms. The maximum Gasteiger partial charge on any atom is 0.217 e. The first-order valence-corrected chi connectivity index (χ1v) is 8.29. The molecule has 4 heterocycles. The van der Waals surface area contributed by atoms with Gasteiger partial charge < -0.3 is 4.74 Å². The molecule has 0 aromatic carbocycles. The van der Waals surface area contributed by atoms with Crippen molar-refractivity contribution < 1.29 is 4.74 Å². The third kappa shape index (κ3) is 3.34. The van der Waals surface area contributed by atoms with Crippen LogP contribution in [0.5, 0.6) is 5.88 Å². The number of methoxy groups -OCH3 is 1. The van der Waals surface area contributed by atoms with Gasteiger partial charge in [-0.3, -0.25) is 9.88 Å². The maximum absolute atomic E-state index is 5.35. The minimum absolute atomic E-state index is 0.691. The van der Waals surface area contributed by atoms with E-state index in [1.807, 2.05) is 24.4 Å². The summed E-state index contributed by atoms with van der Waals surface area (Å²) in [6, 6.07) is 7.89. The lowest BCUT2D eigenvalue weighted by atomic mass is 10.1. The molecular weight excluding hydrogens is 314 g/mol. The smallest absolute Gasteiger partial charge is 0.217 e. The van der Waals surface area contributed by atoms with E-state index in [2.05, 4.69) is 25.9 Å². The standard InChI is InChI=1S/C19H19N5O/c1-25-19-15(5-3-8-21-19)12-24-9-6-17-16(13-24)11-22-18(23-17)14-4-2-7-20-10-14/h2-5,7-8,10-11H,6,9,12-13H2,1H3. The summed E-state index contributed by atoms with van der Waals surface area (Å²) in [7, 11) is 1.66. The van der Waals surface area contributed by atoms with Gasteiger partial charge >= 0.3 is 0 Å². The number of pyridine rings is 2. The minimum atomic E-state index is 0.691. The first kappa shape index (κ1) is 15.7. The van der Waals surface area contributed by atoms with Crippen molar-refractivity contribution in [3.05, 3.63) is 65.9 Å². The molecule has 0 unspecified atom stereocenters. The molecule has 3 aromatic heterocycles. The molecule has 4 rings (SSSR count). The van der Waals surface area contributed by atoms with Gasteiger partial charge in [-0.25, -0.2) is 15.0 Å². The quantitative estimate of drug-likeness (QED) is 0.731. The molecule has 0 N–H and O–H groups in total. The lowest BCUT2D eigenvalue weighted by Gasteiger charge is -2.28. The molecular formula is C19H19N5O. The highest BCUT2D eigenvalue weighted by Gasteiger charge is 2.20. The number of rotatable bonds is 4. The van der Waals surface area contributed by atoms with Crippen LogP contribution < -0.4 is 4.74 Å². The number of ether oxygens (including phenoxy) is 1. The summed E-state index contributed by atoms with van der Waals surface area (Å²) in [5.41, 5.74) is 4.36. The molecule has 3 aromatic rings. The van der Waals surface area contributed by atoms with Gasteiger partial charge in [-0.15, -0.1) is 0 Å². The summed E-state index contributed by atoms with van der Waals surface area (Å²) in [5.74, 6) is 1.44. The average Bonchev–Trinajstić information content (AvgIpc) is 2.68. The highest BCUT2D eigenvalue weighted by Crippen LogP contribution is 2.23. The van der Waals surface area contributed by atoms with Crippen molar-refractivity contribution in [3.63, 3.8) is 0 Å². The lowest BCUT2D eigenvalue weighted by molar-refractivity contribution is 0.238. The largest absolute Gasteiger partial charge is 0.481 e. The van der Waals surface area contributed by atoms with Crippen molar-refractivity contribution in [3.8, 4) is 17.3 Å². The van der Waals surface area contributed by atoms with E-state index in [-0.39, 0.29) is 0 Å². The molecule has 0 fully saturated rings. The van der Waals surface area contributed by atoms with Crippen molar-refractivity contribution >= 4 is 0 Å². The second-order valence-corrected chi connectivity index (χ2v) is 6.04. The van der Waals surface area contributed by atoms with Crippen LogP contribution in [0.2, 0.25) is 0 Å². The van der Waals surface area contributed by atoms with Crippen molar-refractivity contribution in [2.45, 2.75) is 19.5 Å². The molecule has 0 spiro atoms. The van der Waals surface area contributed by atoms with Gasteiger partial charge in [-0.1, -0.05) is 6.07 Å². The monoisotopic (exact) mass is 333 g/mol. The number of aromatic nitrogens is 4. The number of hydrogen-bond acceptors (Lipinski definition) is 6. The van der Waals surface area contributed by atoms with Gasteiger partial charge in [0.25, 0.3) is 0 Å². The van der Waals surface area contributed by atoms with E-state index >= 15 is 0 Å². The maximum atomic E-state index is 5.35. The van der Waals surface area contributed by atoms with E-state index in [4.69, 9.17) is 9.72 Å². The molecule has 0 saturated carbocycles. The van der Waals surface area contributed by atoms with Gasteiger partial charge in [0.1, 0.15) is 0 Å². The minimum Gasteiger partial charge on any atom is -0.481 e. The third-order valence-electron chi connectivity index (χ3n) is 4.37. The Labute approximate surface area is 146 Å². The molecule has 6 nitrogen and oxygen atoms in total. The van der Waals surface area contributed by atoms with E-state index in [1.54, 1.807) is 25.7 Å². The summed E-state index contributed by atoms with van der Waals surface area (Å²) >= 11 is 0. The highest BCUT2D eigenvalue weighted by molar-refractivity contribution is 5.53. The first-order valence-electron chi connectivity index (χ1n) is 8.29. The van der Waals surface area contributed by atoms with Gasteiger partial charge in [0.05, 0.1) is 12.8 Å². The van der Waals surface area contributed by atoms with Crippen LogP contribution in [0.1, 0.15) is 16.8 Å². The average molecular weight is 333 g/mol. The SMILES string of the molecule is COc1ncccc1CN1CCc2nc(-c3cccnc3)ncc2C1. The normalized spacial score (nSPS) is 14.1. The van der Waals surface area contributed by atoms with E-state index in [9.17, 15) is 0 Å². The van der Waals surface area contributed by atoms with E-state index in [1.165, 1.54) is 5.56 Å². The van der Waals surface area contributed by atoms with Crippen molar-refractivity contribution in [1.82, 2.24) is 24.8 Å². The van der Waals surface area contributed by atoms with Crippen LogP contribution in [0.3, 0.4) is 0 Å². The van der Waals surface area contributed by atoms with Crippen molar-refractivity contribution in [2.75, 3.05) is 13.7 Å². The second-order valence-electron chi connectivity index (χ2n) is 6.04. The Balaban J connectivity index is 1.52. The van der Waals surface area contributed by atoms with Crippen LogP contribution in [0.15, 0.2) is 49.1 Å². The fourth-order valence-electron chi connectivity index (χ4n) is 3.11. The Hall–Kier alpha value is -2.86. The van der Waals surface area contributed by atoms with E-state index < -0.39 is 0 Å². The number of hydrogen-bond donors (Lipinski definition) is 0. The summed E-state index contributed by atoms with van der Waals surface area (Å²) in [4.78, 5) is 20.1. The van der Waals surface area contributed by atoms with Gasteiger partial charge in [-0.2, -0.15) is 0 Å². The molecule has 25 heavy (non-hydrogen) atoms. The Morgan fingerprint density at radius 1 is 1.12 bits per heavy atom. The van der Waals surface area contributed by atoms with Gasteiger partial charge in [-0.05, 0) is 18.2 Å². The van der Waals surface area contributed by atoms with Crippen LogP contribution in [-0.2, 0) is 19.5 Å². The van der Waals surface area contributed by atoms with Gasteiger partial charge in [0, 0.05) is 67.5 Å². The fraction of sp³-hybridized carbons (Fsp3) is 0.263. The zero-order chi connectivity index (χ0) is 17.1. The van der Waals surface area contributed by atoms with Crippen LogP contribution in [0.25, 0.3) is 11.4 Å². The predicted octanol–water partition coefficient (Wildman–Crippen LogP) is 2.50. The van der Waals surface area contributed by atoms with Crippen LogP contribution in [-0.4, -0.2) is 38.5 Å². The molecule has 1 aliphatic rings. The molecule has 126 valence electrons. The van der Waals surface area contributed by atoms with Crippen LogP contribution >= 0.6 is 0 Å². The molecule has 6 heteroatoms. The van der Waals surface area contributed by atoms with E-state index in [0.717, 1.165) is 48.7 Å². The number of nitrogens with zero attached hydrogens (tertiary/aromatic N) is 5. The summed E-state index contributed by atoms with van der Waals surface area (Å²) in [6.07, 6.45) is 8.16. The first-order chi connectivity index (χ1) is 12.3. The topological polar surface area (TPSA) is 64.0 Å².